The fourth-order valence-corrected chi connectivity index (χ4v) is 0.447. The van der Waals surface area contributed by atoms with Gasteiger partial charge in [0.05, 0.1) is 5.70 Å². The number of hydrogen-bond acceptors (Lipinski definition) is 3. The second kappa shape index (κ2) is 5.22. The monoisotopic (exact) mass is 154 g/mol. The van der Waals surface area contributed by atoms with E-state index in [0.29, 0.717) is 5.70 Å². The number of aliphatic carboxylic acids is 1. The standard InChI is InChI=1S/C7H10N2O2/c1-2-9-6(5-8)3-4-7(10)11/h2-5H,8H2,1H3,(H,10,11)/b4-3+,6-5-,9-2?. The molecule has 11 heavy (non-hydrogen) atoms. The summed E-state index contributed by atoms with van der Waals surface area (Å²) in [5.74, 6) is -1.02. The Balaban J connectivity index is 4.21. The number of aliphatic imine (C=N–C) groups is 1. The lowest BCUT2D eigenvalue weighted by molar-refractivity contribution is -0.131. The fourth-order valence-electron chi connectivity index (χ4n) is 0.447. The lowest BCUT2D eigenvalue weighted by atomic mass is 10.4. The van der Waals surface area contributed by atoms with Gasteiger partial charge in [-0.25, -0.2) is 4.79 Å². The number of carboxylic acids is 1. The molecular formula is C7H10N2O2. The molecule has 4 nitrogen and oxygen atoms in total. The maximum Gasteiger partial charge on any atom is 0.328 e. The normalized spacial score (nSPS) is 13.0. The SMILES string of the molecule is CC=NC(=C\N)/C=C/C(=O)O. The molecule has 0 bridgehead atoms. The van der Waals surface area contributed by atoms with Gasteiger partial charge in [-0.2, -0.15) is 0 Å². The number of carbonyl (C=O) groups is 1. The fraction of sp³-hybridized carbons (Fsp3) is 0.143. The quantitative estimate of drug-likeness (QED) is 0.353. The Kier molecular flexibility index (Phi) is 4.47. The minimum absolute atomic E-state index is 0.426. The topological polar surface area (TPSA) is 75.7 Å². The zero-order chi connectivity index (χ0) is 8.69. The summed E-state index contributed by atoms with van der Waals surface area (Å²) in [4.78, 5) is 13.8. The number of allylic oxidation sites excluding steroid dienone is 1. The summed E-state index contributed by atoms with van der Waals surface area (Å²) in [5, 5.41) is 8.22. The highest BCUT2D eigenvalue weighted by atomic mass is 16.4. The van der Waals surface area contributed by atoms with Gasteiger partial charge in [0, 0.05) is 18.5 Å². The Morgan fingerprint density at radius 1 is 1.55 bits per heavy atom. The Morgan fingerprint density at radius 2 is 2.18 bits per heavy atom. The second-order valence-corrected chi connectivity index (χ2v) is 1.65. The van der Waals surface area contributed by atoms with Crippen molar-refractivity contribution in [3.63, 3.8) is 0 Å². The zero-order valence-electron chi connectivity index (χ0n) is 6.19. The summed E-state index contributed by atoms with van der Waals surface area (Å²) in [7, 11) is 0. The van der Waals surface area contributed by atoms with Crippen molar-refractivity contribution in [2.24, 2.45) is 10.7 Å². The van der Waals surface area contributed by atoms with Crippen molar-refractivity contribution in [3.8, 4) is 0 Å². The molecule has 0 saturated heterocycles. The van der Waals surface area contributed by atoms with Crippen molar-refractivity contribution in [1.29, 1.82) is 0 Å². The molecule has 4 heteroatoms. The van der Waals surface area contributed by atoms with Crippen molar-refractivity contribution >= 4 is 12.2 Å². The first-order chi connectivity index (χ1) is 5.20. The van der Waals surface area contributed by atoms with E-state index in [-0.39, 0.29) is 0 Å². The van der Waals surface area contributed by atoms with Crippen molar-refractivity contribution in [2.45, 2.75) is 6.92 Å². The smallest absolute Gasteiger partial charge is 0.328 e. The highest BCUT2D eigenvalue weighted by Crippen LogP contribution is 1.94. The maximum atomic E-state index is 10.0. The van der Waals surface area contributed by atoms with Gasteiger partial charge in [-0.1, -0.05) is 0 Å². The van der Waals surface area contributed by atoms with Gasteiger partial charge in [0.25, 0.3) is 0 Å². The van der Waals surface area contributed by atoms with Gasteiger partial charge in [-0.3, -0.25) is 4.99 Å². The van der Waals surface area contributed by atoms with Gasteiger partial charge >= 0.3 is 5.97 Å². The molecule has 3 N–H and O–H groups in total. The molecule has 0 aliphatic carbocycles. The van der Waals surface area contributed by atoms with Crippen LogP contribution in [0, 0.1) is 0 Å². The maximum absolute atomic E-state index is 10.0. The third-order valence-corrected chi connectivity index (χ3v) is 0.846. The average molecular weight is 154 g/mol. The van der Waals surface area contributed by atoms with E-state index >= 15 is 0 Å². The van der Waals surface area contributed by atoms with Gasteiger partial charge in [-0.05, 0) is 13.0 Å². The van der Waals surface area contributed by atoms with Crippen LogP contribution in [0.15, 0.2) is 29.0 Å². The van der Waals surface area contributed by atoms with Gasteiger partial charge in [0.2, 0.25) is 0 Å². The van der Waals surface area contributed by atoms with Crippen LogP contribution in [0.3, 0.4) is 0 Å². The second-order valence-electron chi connectivity index (χ2n) is 1.65. The lowest BCUT2D eigenvalue weighted by Gasteiger charge is -1.87. The van der Waals surface area contributed by atoms with Crippen LogP contribution in [0.5, 0.6) is 0 Å². The van der Waals surface area contributed by atoms with Crippen LogP contribution in [0.4, 0.5) is 0 Å². The Morgan fingerprint density at radius 3 is 2.55 bits per heavy atom. The van der Waals surface area contributed by atoms with Gasteiger partial charge in [0.1, 0.15) is 0 Å². The first kappa shape index (κ1) is 9.42. The van der Waals surface area contributed by atoms with Crippen LogP contribution >= 0.6 is 0 Å². The van der Waals surface area contributed by atoms with Crippen LogP contribution in [-0.4, -0.2) is 17.3 Å². The summed E-state index contributed by atoms with van der Waals surface area (Å²) < 4.78 is 0. The Labute approximate surface area is 64.7 Å². The van der Waals surface area contributed by atoms with E-state index in [9.17, 15) is 4.79 Å². The molecule has 0 atom stereocenters. The molecule has 0 aromatic heterocycles. The van der Waals surface area contributed by atoms with E-state index in [0.717, 1.165) is 6.08 Å². The molecule has 0 aromatic carbocycles. The van der Waals surface area contributed by atoms with E-state index in [1.165, 1.54) is 18.5 Å². The minimum atomic E-state index is -1.02. The third-order valence-electron chi connectivity index (χ3n) is 0.846. The summed E-state index contributed by atoms with van der Waals surface area (Å²) in [6.45, 7) is 1.72. The van der Waals surface area contributed by atoms with Gasteiger partial charge in [0.15, 0.2) is 0 Å². The largest absolute Gasteiger partial charge is 0.478 e. The third kappa shape index (κ3) is 4.90. The van der Waals surface area contributed by atoms with Crippen molar-refractivity contribution < 1.29 is 9.90 Å². The van der Waals surface area contributed by atoms with Crippen LogP contribution < -0.4 is 5.73 Å². The first-order valence-corrected chi connectivity index (χ1v) is 3.02. The highest BCUT2D eigenvalue weighted by molar-refractivity contribution is 5.80. The molecule has 0 amide bonds. The van der Waals surface area contributed by atoms with Crippen molar-refractivity contribution in [3.05, 3.63) is 24.0 Å². The molecule has 60 valence electrons. The molecule has 0 radical (unpaired) electrons. The number of nitrogens with two attached hydrogens (primary N) is 1. The van der Waals surface area contributed by atoms with E-state index < -0.39 is 5.97 Å². The molecule has 0 spiro atoms. The molecule has 0 saturated carbocycles. The number of nitrogens with zero attached hydrogens (tertiary/aromatic N) is 1. The summed E-state index contributed by atoms with van der Waals surface area (Å²) in [6, 6.07) is 0. The molecule has 0 heterocycles. The molecule has 0 rings (SSSR count). The van der Waals surface area contributed by atoms with Gasteiger partial charge in [-0.15, -0.1) is 0 Å². The van der Waals surface area contributed by atoms with Crippen LogP contribution in [0.1, 0.15) is 6.92 Å². The Hall–Kier alpha value is -1.58. The molecule has 0 aliphatic heterocycles. The number of hydrogen-bond donors (Lipinski definition) is 2. The average Bonchev–Trinajstić information content (AvgIpc) is 1.97. The number of carboxylic acid groups (broad SMARTS) is 1. The molecule has 0 fully saturated rings. The Bertz CT molecular complexity index is 216. The van der Waals surface area contributed by atoms with E-state index in [2.05, 4.69) is 4.99 Å². The van der Waals surface area contributed by atoms with Crippen molar-refractivity contribution in [2.75, 3.05) is 0 Å². The first-order valence-electron chi connectivity index (χ1n) is 3.02. The van der Waals surface area contributed by atoms with E-state index in [4.69, 9.17) is 10.8 Å². The predicted molar refractivity (Wildman–Crippen MR) is 43.2 cm³/mol. The minimum Gasteiger partial charge on any atom is -0.478 e. The van der Waals surface area contributed by atoms with Crippen LogP contribution in [0.25, 0.3) is 0 Å². The highest BCUT2D eigenvalue weighted by Gasteiger charge is 1.87. The summed E-state index contributed by atoms with van der Waals surface area (Å²) in [6.07, 6.45) is 5.07. The van der Waals surface area contributed by atoms with E-state index in [1.54, 1.807) is 6.92 Å². The molecule has 0 aliphatic rings. The molecule has 0 unspecified atom stereocenters. The van der Waals surface area contributed by atoms with Crippen molar-refractivity contribution in [1.82, 2.24) is 0 Å². The van der Waals surface area contributed by atoms with Gasteiger partial charge < -0.3 is 10.8 Å². The zero-order valence-corrected chi connectivity index (χ0v) is 6.19. The van der Waals surface area contributed by atoms with E-state index in [1.807, 2.05) is 0 Å². The summed E-state index contributed by atoms with van der Waals surface area (Å²) in [5.41, 5.74) is 5.55. The predicted octanol–water partition coefficient (Wildman–Crippen LogP) is 0.518. The summed E-state index contributed by atoms with van der Waals surface area (Å²) >= 11 is 0. The van der Waals surface area contributed by atoms with Crippen LogP contribution in [0.2, 0.25) is 0 Å². The van der Waals surface area contributed by atoms with Crippen LogP contribution in [-0.2, 0) is 4.79 Å². The lowest BCUT2D eigenvalue weighted by Crippen LogP contribution is -1.88. The molecular weight excluding hydrogens is 144 g/mol. The number of rotatable bonds is 3. The molecule has 0 aromatic rings.